The van der Waals surface area contributed by atoms with Crippen molar-refractivity contribution in [2.24, 2.45) is 0 Å². The lowest BCUT2D eigenvalue weighted by atomic mass is 10.0. The zero-order valence-corrected chi connectivity index (χ0v) is 44.3. The van der Waals surface area contributed by atoms with Crippen molar-refractivity contribution in [3.63, 3.8) is 0 Å². The van der Waals surface area contributed by atoms with Crippen molar-refractivity contribution in [1.82, 2.24) is 33.2 Å². The first-order chi connectivity index (χ1) is 40.7. The molecule has 5 heterocycles. The van der Waals surface area contributed by atoms with E-state index in [1.807, 2.05) is 18.2 Å². The van der Waals surface area contributed by atoms with Crippen LogP contribution >= 0.6 is 0 Å². The molecule has 0 amide bonds. The first-order valence-corrected chi connectivity index (χ1v) is 27.8. The molecule has 0 saturated heterocycles. The summed E-state index contributed by atoms with van der Waals surface area (Å²) in [6.45, 7) is 0. The van der Waals surface area contributed by atoms with Gasteiger partial charge in [0.25, 0.3) is 0 Å². The van der Waals surface area contributed by atoms with Crippen LogP contribution in [0.15, 0.2) is 285 Å². The van der Waals surface area contributed by atoms with Crippen molar-refractivity contribution in [1.29, 1.82) is 0 Å². The molecule has 0 aliphatic heterocycles. The fraction of sp³-hybridized carbons (Fsp3) is 0. The van der Waals surface area contributed by atoms with Gasteiger partial charge < -0.3 is 13.7 Å². The van der Waals surface area contributed by atoms with E-state index in [-0.39, 0.29) is 0 Å². The van der Waals surface area contributed by atoms with Gasteiger partial charge in [0.1, 0.15) is 0 Å². The summed E-state index contributed by atoms with van der Waals surface area (Å²) in [4.78, 5) is 16.4. The number of nitrogens with zero attached hydrogens (tertiary/aromatic N) is 7. The third-order valence-corrected chi connectivity index (χ3v) is 16.6. The quantitative estimate of drug-likeness (QED) is 0.152. The van der Waals surface area contributed by atoms with Crippen LogP contribution in [0.2, 0.25) is 0 Å². The molecule has 17 rings (SSSR count). The molecule has 5 aromatic heterocycles. The van der Waals surface area contributed by atoms with Crippen LogP contribution in [0, 0.1) is 0 Å². The summed E-state index contributed by atoms with van der Waals surface area (Å²) < 4.78 is 9.60. The predicted molar refractivity (Wildman–Crippen MR) is 339 cm³/mol. The van der Waals surface area contributed by atoms with Gasteiger partial charge in [-0.3, -0.25) is 4.57 Å². The van der Waals surface area contributed by atoms with E-state index in [1.165, 1.54) is 32.6 Å². The van der Waals surface area contributed by atoms with Gasteiger partial charge >= 0.3 is 0 Å². The maximum Gasteiger partial charge on any atom is 0.238 e. The highest BCUT2D eigenvalue weighted by atomic mass is 15.2. The summed E-state index contributed by atoms with van der Waals surface area (Å²) in [6, 6.07) is 102. The molecule has 0 unspecified atom stereocenters. The number of fused-ring (bicyclic) bond motifs is 13. The maximum absolute atomic E-state index is 5.57. The van der Waals surface area contributed by atoms with Gasteiger partial charge in [-0.2, -0.15) is 9.97 Å². The second-order valence-electron chi connectivity index (χ2n) is 21.2. The molecule has 0 aliphatic carbocycles. The Kier molecular flexibility index (Phi) is 10.2. The van der Waals surface area contributed by atoms with E-state index in [0.717, 1.165) is 105 Å². The summed E-state index contributed by atoms with van der Waals surface area (Å²) in [5.74, 6) is 1.69. The lowest BCUT2D eigenvalue weighted by Crippen LogP contribution is -2.07. The summed E-state index contributed by atoms with van der Waals surface area (Å²) in [5, 5.41) is 9.27. The Hall–Kier alpha value is -11.2. The predicted octanol–water partition coefficient (Wildman–Crippen LogP) is 18.9. The van der Waals surface area contributed by atoms with E-state index in [4.69, 9.17) is 15.0 Å². The normalized spacial score (nSPS) is 11.9. The molecule has 0 fully saturated rings. The first kappa shape index (κ1) is 45.8. The molecule has 0 aliphatic rings. The van der Waals surface area contributed by atoms with Gasteiger partial charge in [0, 0.05) is 71.3 Å². The third kappa shape index (κ3) is 7.06. The maximum atomic E-state index is 5.57. The van der Waals surface area contributed by atoms with Gasteiger partial charge in [-0.25, -0.2) is 4.98 Å². The minimum atomic E-state index is 0.522. The van der Waals surface area contributed by atoms with E-state index in [0.29, 0.717) is 17.6 Å². The summed E-state index contributed by atoms with van der Waals surface area (Å²) >= 11 is 0. The van der Waals surface area contributed by atoms with Crippen molar-refractivity contribution >= 4 is 87.2 Å². The second kappa shape index (κ2) is 18.2. The van der Waals surface area contributed by atoms with E-state index in [9.17, 15) is 0 Å². The van der Waals surface area contributed by atoms with E-state index < -0.39 is 0 Å². The minimum Gasteiger partial charge on any atom is -0.309 e. The number of benzene rings is 12. The lowest BCUT2D eigenvalue weighted by Gasteiger charge is -2.14. The number of hydrogen-bond donors (Lipinski definition) is 0. The van der Waals surface area contributed by atoms with Gasteiger partial charge in [0.2, 0.25) is 5.95 Å². The van der Waals surface area contributed by atoms with Crippen LogP contribution in [-0.4, -0.2) is 33.2 Å². The molecule has 12 aromatic carbocycles. The standard InChI is InChI=1S/C75H47N7/c1-4-19-48(20-5-1)50-35-37-52(38-36-50)74-76-73(51-23-8-3-9-24-51)77-75(78-74)82-70-44-40-56(80-67-33-16-12-29-59(67)60-30-13-17-34-68(60)80)47-64(70)62-42-41-61-63-46-55(79-65-31-14-10-27-57(65)58-28-11-15-32-66(58)79)39-43-69(63)81(71(61)72(62)82)54-26-18-25-53(45-54)49-21-6-2-7-22-49/h1-47H. The van der Waals surface area contributed by atoms with E-state index in [1.54, 1.807) is 0 Å². The average Bonchev–Trinajstić information content (AvgIpc) is 2.65. The fourth-order valence-electron chi connectivity index (χ4n) is 12.9. The molecule has 0 bridgehead atoms. The number of rotatable bonds is 8. The number of aromatic nitrogens is 7. The molecule has 0 N–H and O–H groups in total. The Bertz CT molecular complexity index is 5270. The molecule has 0 spiro atoms. The Labute approximate surface area is 471 Å². The topological polar surface area (TPSA) is 58.4 Å². The summed E-state index contributed by atoms with van der Waals surface area (Å²) in [7, 11) is 0. The molecular formula is C75H47N7. The molecule has 7 nitrogen and oxygen atoms in total. The molecule has 17 aromatic rings. The number of para-hydroxylation sites is 4. The van der Waals surface area contributed by atoms with Crippen LogP contribution in [-0.2, 0) is 0 Å². The highest BCUT2D eigenvalue weighted by molar-refractivity contribution is 6.24. The van der Waals surface area contributed by atoms with Crippen molar-refractivity contribution in [3.05, 3.63) is 285 Å². The number of hydrogen-bond acceptors (Lipinski definition) is 3. The Morgan fingerprint density at radius 2 is 0.549 bits per heavy atom. The molecule has 82 heavy (non-hydrogen) atoms. The Morgan fingerprint density at radius 1 is 0.195 bits per heavy atom. The largest absolute Gasteiger partial charge is 0.309 e. The van der Waals surface area contributed by atoms with Gasteiger partial charge in [0.05, 0.1) is 44.1 Å². The van der Waals surface area contributed by atoms with Crippen LogP contribution in [0.1, 0.15) is 0 Å². The molecule has 0 saturated carbocycles. The first-order valence-electron chi connectivity index (χ1n) is 27.8. The Morgan fingerprint density at radius 3 is 1.05 bits per heavy atom. The third-order valence-electron chi connectivity index (χ3n) is 16.6. The average molecular weight is 1050 g/mol. The van der Waals surface area contributed by atoms with Crippen LogP contribution in [0.4, 0.5) is 0 Å². The summed E-state index contributed by atoms with van der Waals surface area (Å²) in [6.07, 6.45) is 0. The smallest absolute Gasteiger partial charge is 0.238 e. The van der Waals surface area contributed by atoms with Gasteiger partial charge in [-0.1, -0.05) is 212 Å². The van der Waals surface area contributed by atoms with Crippen LogP contribution < -0.4 is 0 Å². The molecule has 0 radical (unpaired) electrons. The zero-order valence-electron chi connectivity index (χ0n) is 44.3. The molecule has 382 valence electrons. The van der Waals surface area contributed by atoms with Crippen LogP contribution in [0.3, 0.4) is 0 Å². The van der Waals surface area contributed by atoms with E-state index in [2.05, 4.69) is 285 Å². The fourth-order valence-corrected chi connectivity index (χ4v) is 12.9. The van der Waals surface area contributed by atoms with Crippen LogP contribution in [0.5, 0.6) is 0 Å². The second-order valence-corrected chi connectivity index (χ2v) is 21.2. The molecular weight excluding hydrogens is 999 g/mol. The highest BCUT2D eigenvalue weighted by Gasteiger charge is 2.26. The van der Waals surface area contributed by atoms with Crippen LogP contribution in [0.25, 0.3) is 155 Å². The molecule has 7 heteroatoms. The van der Waals surface area contributed by atoms with Crippen molar-refractivity contribution in [3.8, 4) is 68.0 Å². The van der Waals surface area contributed by atoms with Gasteiger partial charge in [-0.05, 0) is 95.1 Å². The van der Waals surface area contributed by atoms with Crippen molar-refractivity contribution < 1.29 is 0 Å². The van der Waals surface area contributed by atoms with Crippen molar-refractivity contribution in [2.75, 3.05) is 0 Å². The van der Waals surface area contributed by atoms with Gasteiger partial charge in [0.15, 0.2) is 11.6 Å². The van der Waals surface area contributed by atoms with Gasteiger partial charge in [-0.15, -0.1) is 0 Å². The minimum absolute atomic E-state index is 0.522. The molecule has 0 atom stereocenters. The monoisotopic (exact) mass is 1050 g/mol. The Balaban J connectivity index is 1.00. The highest BCUT2D eigenvalue weighted by Crippen LogP contribution is 2.45. The summed E-state index contributed by atoms with van der Waals surface area (Å²) in [5.41, 5.74) is 18.3. The van der Waals surface area contributed by atoms with E-state index >= 15 is 0 Å². The lowest BCUT2D eigenvalue weighted by molar-refractivity contribution is 0.953. The van der Waals surface area contributed by atoms with Crippen molar-refractivity contribution in [2.45, 2.75) is 0 Å². The zero-order chi connectivity index (χ0) is 53.8. The SMILES string of the molecule is c1ccc(-c2ccc(-c3nc(-c4ccccc4)nc(-n4c5ccc(-n6c7ccccc7c7ccccc76)cc5c5ccc6c7cc(-n8c9ccccc9c9ccccc98)ccc7n(-c7cccc(-c8ccccc8)c7)c6c54)n3)cc2)cc1.